The summed E-state index contributed by atoms with van der Waals surface area (Å²) < 4.78 is 0. The monoisotopic (exact) mass is 496 g/mol. The van der Waals surface area contributed by atoms with Crippen molar-refractivity contribution in [3.05, 3.63) is 58.7 Å². The van der Waals surface area contributed by atoms with E-state index in [1.165, 1.54) is 22.3 Å². The highest BCUT2D eigenvalue weighted by atomic mass is 32.1. The zero-order chi connectivity index (χ0) is 25.1. The van der Waals surface area contributed by atoms with Crippen LogP contribution < -0.4 is 21.3 Å². The molecule has 0 aromatic heterocycles. The molecule has 4 N–H and O–H groups in total. The molecule has 0 heterocycles. The minimum absolute atomic E-state index is 0.0989. The molecule has 1 saturated carbocycles. The fraction of sp³-hybridized carbons (Fsp3) is 0.500. The molecule has 4 nitrogen and oxygen atoms in total. The standard InChI is InChI=1S/C28H40N4S2/c1-18-8-10-20(3)23(12-18)31-25(33)29-17-28(7)15-22(14-27(5,6)16-28)30-26(34)32-24-13-19(2)9-11-21(24)4/h8-13,22H,14-17H2,1-7H3,(H2,29,31,33)(H2,30,32,34)/t22-,28-/m0/s1. The lowest BCUT2D eigenvalue weighted by Crippen LogP contribution is -2.51. The van der Waals surface area contributed by atoms with Gasteiger partial charge in [-0.3, -0.25) is 0 Å². The van der Waals surface area contributed by atoms with Crippen LogP contribution in [0.3, 0.4) is 0 Å². The maximum absolute atomic E-state index is 5.70. The Hall–Kier alpha value is -2.18. The van der Waals surface area contributed by atoms with E-state index in [1.807, 2.05) is 0 Å². The van der Waals surface area contributed by atoms with Crippen molar-refractivity contribution in [2.24, 2.45) is 10.8 Å². The van der Waals surface area contributed by atoms with Gasteiger partial charge < -0.3 is 21.3 Å². The van der Waals surface area contributed by atoms with Crippen LogP contribution in [0.4, 0.5) is 11.4 Å². The Labute approximate surface area is 216 Å². The van der Waals surface area contributed by atoms with Crippen LogP contribution in [0.5, 0.6) is 0 Å². The Balaban J connectivity index is 1.60. The number of hydrogen-bond acceptors (Lipinski definition) is 2. The molecule has 2 atom stereocenters. The fourth-order valence-electron chi connectivity index (χ4n) is 5.42. The van der Waals surface area contributed by atoms with Gasteiger partial charge in [0.25, 0.3) is 0 Å². The van der Waals surface area contributed by atoms with Gasteiger partial charge in [-0.05, 0) is 117 Å². The number of aryl methyl sites for hydroxylation is 4. The van der Waals surface area contributed by atoms with E-state index < -0.39 is 0 Å². The summed E-state index contributed by atoms with van der Waals surface area (Å²) in [5.41, 5.74) is 7.26. The number of anilines is 2. The van der Waals surface area contributed by atoms with Gasteiger partial charge in [0, 0.05) is 24.0 Å². The van der Waals surface area contributed by atoms with E-state index in [9.17, 15) is 0 Å². The highest BCUT2D eigenvalue weighted by Crippen LogP contribution is 2.45. The first-order valence-corrected chi connectivity index (χ1v) is 12.9. The maximum atomic E-state index is 5.70. The smallest absolute Gasteiger partial charge is 0.171 e. The summed E-state index contributed by atoms with van der Waals surface area (Å²) in [5.74, 6) is 0. The summed E-state index contributed by atoms with van der Waals surface area (Å²) in [6.07, 6.45) is 3.25. The third-order valence-electron chi connectivity index (χ3n) is 6.74. The predicted octanol–water partition coefficient (Wildman–Crippen LogP) is 6.78. The third-order valence-corrected chi connectivity index (χ3v) is 7.20. The molecule has 0 unspecified atom stereocenters. The molecule has 1 fully saturated rings. The highest BCUT2D eigenvalue weighted by molar-refractivity contribution is 7.80. The van der Waals surface area contributed by atoms with Gasteiger partial charge in [0.1, 0.15) is 0 Å². The summed E-state index contributed by atoms with van der Waals surface area (Å²) in [6.45, 7) is 16.3. The van der Waals surface area contributed by atoms with Crippen molar-refractivity contribution in [2.75, 3.05) is 17.2 Å². The van der Waals surface area contributed by atoms with Gasteiger partial charge in [-0.15, -0.1) is 0 Å². The summed E-state index contributed by atoms with van der Waals surface area (Å²) in [7, 11) is 0. The predicted molar refractivity (Wildman–Crippen MR) is 155 cm³/mol. The van der Waals surface area contributed by atoms with Crippen molar-refractivity contribution < 1.29 is 0 Å². The van der Waals surface area contributed by atoms with E-state index in [1.54, 1.807) is 0 Å². The Kier molecular flexibility index (Phi) is 8.25. The first kappa shape index (κ1) is 26.4. The number of nitrogens with one attached hydrogen (secondary N) is 4. The lowest BCUT2D eigenvalue weighted by molar-refractivity contribution is 0.0807. The summed E-state index contributed by atoms with van der Waals surface area (Å²) in [5, 5.41) is 15.3. The van der Waals surface area contributed by atoms with Crippen molar-refractivity contribution in [1.29, 1.82) is 0 Å². The van der Waals surface area contributed by atoms with Crippen LogP contribution in [0.15, 0.2) is 36.4 Å². The van der Waals surface area contributed by atoms with Gasteiger partial charge in [-0.2, -0.15) is 0 Å². The molecule has 0 amide bonds. The van der Waals surface area contributed by atoms with E-state index in [2.05, 4.69) is 106 Å². The van der Waals surface area contributed by atoms with Crippen LogP contribution in [-0.4, -0.2) is 22.8 Å². The zero-order valence-electron chi connectivity index (χ0n) is 21.7. The highest BCUT2D eigenvalue weighted by Gasteiger charge is 2.41. The van der Waals surface area contributed by atoms with Gasteiger partial charge in [0.2, 0.25) is 0 Å². The fourth-order valence-corrected chi connectivity index (χ4v) is 5.87. The van der Waals surface area contributed by atoms with E-state index in [4.69, 9.17) is 24.4 Å². The van der Waals surface area contributed by atoms with E-state index in [-0.39, 0.29) is 10.8 Å². The quantitative estimate of drug-likeness (QED) is 0.342. The average Bonchev–Trinajstić information content (AvgIpc) is 2.70. The van der Waals surface area contributed by atoms with Crippen LogP contribution in [-0.2, 0) is 0 Å². The zero-order valence-corrected chi connectivity index (χ0v) is 23.3. The SMILES string of the molecule is Cc1ccc(C)c(NC(=S)NC[C@@]2(C)C[C@@H](NC(=S)Nc3cc(C)ccc3C)CC(C)(C)C2)c1. The minimum atomic E-state index is 0.0989. The lowest BCUT2D eigenvalue weighted by atomic mass is 9.62. The van der Waals surface area contributed by atoms with Crippen LogP contribution >= 0.6 is 24.4 Å². The Bertz CT molecular complexity index is 1060. The second-order valence-electron chi connectivity index (χ2n) is 11.3. The molecule has 6 heteroatoms. The van der Waals surface area contributed by atoms with Crippen molar-refractivity contribution in [3.63, 3.8) is 0 Å². The van der Waals surface area contributed by atoms with Crippen molar-refractivity contribution in [2.45, 2.75) is 73.8 Å². The summed E-state index contributed by atoms with van der Waals surface area (Å²) in [6, 6.07) is 13.1. The topological polar surface area (TPSA) is 48.1 Å². The molecule has 0 aliphatic heterocycles. The summed E-state index contributed by atoms with van der Waals surface area (Å²) in [4.78, 5) is 0. The molecule has 0 spiro atoms. The third kappa shape index (κ3) is 7.41. The molecule has 1 aliphatic rings. The van der Waals surface area contributed by atoms with Crippen molar-refractivity contribution in [3.8, 4) is 0 Å². The minimum Gasteiger partial charge on any atom is -0.362 e. The summed E-state index contributed by atoms with van der Waals surface area (Å²) >= 11 is 11.3. The molecule has 0 radical (unpaired) electrons. The number of hydrogen-bond donors (Lipinski definition) is 4. The number of thiocarbonyl (C=S) groups is 2. The van der Waals surface area contributed by atoms with Gasteiger partial charge in [-0.1, -0.05) is 45.0 Å². The molecule has 0 bridgehead atoms. The first-order valence-electron chi connectivity index (χ1n) is 12.1. The number of rotatable bonds is 5. The Morgan fingerprint density at radius 1 is 0.824 bits per heavy atom. The second kappa shape index (κ2) is 10.6. The molecular formula is C28H40N4S2. The largest absolute Gasteiger partial charge is 0.362 e. The van der Waals surface area contributed by atoms with E-state index in [0.29, 0.717) is 16.3 Å². The average molecular weight is 497 g/mol. The molecule has 3 rings (SSSR count). The van der Waals surface area contributed by atoms with Crippen LogP contribution in [0.25, 0.3) is 0 Å². The molecule has 184 valence electrons. The molecule has 34 heavy (non-hydrogen) atoms. The van der Waals surface area contributed by atoms with Gasteiger partial charge in [0.15, 0.2) is 10.2 Å². The van der Waals surface area contributed by atoms with Gasteiger partial charge >= 0.3 is 0 Å². The van der Waals surface area contributed by atoms with Gasteiger partial charge in [0.05, 0.1) is 0 Å². The van der Waals surface area contributed by atoms with Crippen LogP contribution in [0.1, 0.15) is 62.3 Å². The van der Waals surface area contributed by atoms with E-state index in [0.717, 1.165) is 37.2 Å². The van der Waals surface area contributed by atoms with E-state index >= 15 is 0 Å². The molecule has 2 aromatic rings. The molecule has 0 saturated heterocycles. The van der Waals surface area contributed by atoms with Gasteiger partial charge in [-0.25, -0.2) is 0 Å². The lowest BCUT2D eigenvalue weighted by Gasteiger charge is -2.47. The van der Waals surface area contributed by atoms with Crippen LogP contribution in [0, 0.1) is 38.5 Å². The maximum Gasteiger partial charge on any atom is 0.171 e. The Morgan fingerprint density at radius 2 is 1.35 bits per heavy atom. The molecule has 2 aromatic carbocycles. The van der Waals surface area contributed by atoms with Crippen LogP contribution in [0.2, 0.25) is 0 Å². The second-order valence-corrected chi connectivity index (χ2v) is 12.1. The van der Waals surface area contributed by atoms with Crippen molar-refractivity contribution in [1.82, 2.24) is 10.6 Å². The number of benzene rings is 2. The first-order chi connectivity index (χ1) is 15.8. The Morgan fingerprint density at radius 3 is 1.91 bits per heavy atom. The van der Waals surface area contributed by atoms with Crippen molar-refractivity contribution >= 4 is 46.0 Å². The normalized spacial score (nSPS) is 21.4. The molecular weight excluding hydrogens is 456 g/mol. The molecule has 1 aliphatic carbocycles.